The molecule has 2 aliphatic rings. The van der Waals surface area contributed by atoms with E-state index in [1.165, 1.54) is 5.56 Å². The second kappa shape index (κ2) is 8.22. The molecule has 1 atom stereocenters. The molecule has 2 saturated heterocycles. The third kappa shape index (κ3) is 4.43. The number of nitrogens with zero attached hydrogens (tertiary/aromatic N) is 3. The maximum atomic E-state index is 11.7. The molecule has 2 aliphatic heterocycles. The lowest BCUT2D eigenvalue weighted by Gasteiger charge is -2.40. The van der Waals surface area contributed by atoms with Gasteiger partial charge >= 0.3 is 0 Å². The fraction of sp³-hybridized carbons (Fsp3) is 0.647. The predicted molar refractivity (Wildman–Crippen MR) is 107 cm³/mol. The Bertz CT molecular complexity index is 600. The van der Waals surface area contributed by atoms with Gasteiger partial charge in [-0.1, -0.05) is 0 Å². The Balaban J connectivity index is 0.00000208. The van der Waals surface area contributed by atoms with E-state index in [4.69, 9.17) is 4.99 Å². The minimum Gasteiger partial charge on any atom is -0.357 e. The van der Waals surface area contributed by atoms with Crippen molar-refractivity contribution in [1.29, 1.82) is 0 Å². The number of aliphatic imine (C=N–C) groups is 1. The van der Waals surface area contributed by atoms with E-state index >= 15 is 0 Å². The number of carbonyl (C=O) groups excluding carboxylic acids is 1. The smallest absolute Gasteiger partial charge is 0.220 e. The van der Waals surface area contributed by atoms with E-state index in [0.717, 1.165) is 45.0 Å². The van der Waals surface area contributed by atoms with Crippen LogP contribution in [0.1, 0.15) is 31.7 Å². The lowest BCUT2D eigenvalue weighted by atomic mass is 9.79. The molecule has 7 heteroatoms. The fourth-order valence-electron chi connectivity index (χ4n) is 3.68. The van der Waals surface area contributed by atoms with Crippen molar-refractivity contribution in [3.8, 4) is 0 Å². The van der Waals surface area contributed by atoms with Gasteiger partial charge in [-0.05, 0) is 31.4 Å². The zero-order valence-electron chi connectivity index (χ0n) is 14.5. The largest absolute Gasteiger partial charge is 0.357 e. The molecular weight excluding hydrogens is 417 g/mol. The highest BCUT2D eigenvalue weighted by molar-refractivity contribution is 14.0. The Labute approximate surface area is 161 Å². The quantitative estimate of drug-likeness (QED) is 0.423. The van der Waals surface area contributed by atoms with Crippen LogP contribution in [0.2, 0.25) is 0 Å². The van der Waals surface area contributed by atoms with Crippen molar-refractivity contribution in [2.75, 3.05) is 26.2 Å². The number of aromatic nitrogens is 1. The molecule has 0 saturated carbocycles. The third-order valence-electron chi connectivity index (χ3n) is 4.80. The average Bonchev–Trinajstić information content (AvgIpc) is 3.10. The van der Waals surface area contributed by atoms with Crippen LogP contribution >= 0.6 is 24.0 Å². The standard InChI is InChI=1S/C17H27N5O.HI/c1-3-18-16(19-10-14-5-8-21(2)11-14)22-7-4-6-17(13-22)9-15(23)20-12-17;/h5,8,11H,3-4,6-7,9-10,12-13H2,1-2H3,(H,18,19)(H,20,23);1H. The SMILES string of the molecule is CCNC(=NCc1ccn(C)c1)N1CCCC2(CNC(=O)C2)C1.I. The Morgan fingerprint density at radius 3 is 2.96 bits per heavy atom. The summed E-state index contributed by atoms with van der Waals surface area (Å²) in [6.07, 6.45) is 7.04. The number of hydrogen-bond acceptors (Lipinski definition) is 2. The summed E-state index contributed by atoms with van der Waals surface area (Å²) in [5.41, 5.74) is 1.31. The molecule has 134 valence electrons. The van der Waals surface area contributed by atoms with E-state index in [1.54, 1.807) is 0 Å². The van der Waals surface area contributed by atoms with Crippen molar-refractivity contribution < 1.29 is 4.79 Å². The fourth-order valence-corrected chi connectivity index (χ4v) is 3.68. The van der Waals surface area contributed by atoms with Crippen LogP contribution in [0.5, 0.6) is 0 Å². The molecule has 3 rings (SSSR count). The second-order valence-corrected chi connectivity index (χ2v) is 6.83. The van der Waals surface area contributed by atoms with Gasteiger partial charge < -0.3 is 20.1 Å². The molecule has 24 heavy (non-hydrogen) atoms. The molecule has 2 fully saturated rings. The van der Waals surface area contributed by atoms with Gasteiger partial charge in [-0.15, -0.1) is 24.0 Å². The number of piperidine rings is 1. The van der Waals surface area contributed by atoms with Gasteiger partial charge in [0.15, 0.2) is 5.96 Å². The average molecular weight is 445 g/mol. The highest BCUT2D eigenvalue weighted by Gasteiger charge is 2.42. The summed E-state index contributed by atoms with van der Waals surface area (Å²) in [6, 6.07) is 2.10. The van der Waals surface area contributed by atoms with Crippen LogP contribution in [0.4, 0.5) is 0 Å². The topological polar surface area (TPSA) is 61.7 Å². The summed E-state index contributed by atoms with van der Waals surface area (Å²) in [6.45, 7) is 6.36. The van der Waals surface area contributed by atoms with E-state index in [0.29, 0.717) is 13.0 Å². The van der Waals surface area contributed by atoms with Crippen molar-refractivity contribution in [2.24, 2.45) is 17.5 Å². The second-order valence-electron chi connectivity index (χ2n) is 6.83. The molecule has 0 bridgehead atoms. The van der Waals surface area contributed by atoms with Crippen LogP contribution in [-0.4, -0.2) is 47.5 Å². The summed E-state index contributed by atoms with van der Waals surface area (Å²) in [7, 11) is 2.02. The number of halogens is 1. The summed E-state index contributed by atoms with van der Waals surface area (Å²) in [4.78, 5) is 18.8. The number of nitrogens with one attached hydrogen (secondary N) is 2. The molecular formula is C17H28IN5O. The number of carbonyl (C=O) groups is 1. The number of likely N-dealkylation sites (tertiary alicyclic amines) is 1. The first-order valence-corrected chi connectivity index (χ1v) is 8.51. The van der Waals surface area contributed by atoms with Gasteiger partial charge in [-0.25, -0.2) is 4.99 Å². The summed E-state index contributed by atoms with van der Waals surface area (Å²) >= 11 is 0. The first kappa shape index (κ1) is 19.1. The summed E-state index contributed by atoms with van der Waals surface area (Å²) < 4.78 is 2.05. The normalized spacial score (nSPS) is 24.0. The first-order valence-electron chi connectivity index (χ1n) is 8.51. The van der Waals surface area contributed by atoms with Gasteiger partial charge in [-0.2, -0.15) is 0 Å². The van der Waals surface area contributed by atoms with E-state index in [-0.39, 0.29) is 35.3 Å². The maximum absolute atomic E-state index is 11.7. The Hall–Kier alpha value is -1.25. The van der Waals surface area contributed by atoms with Gasteiger partial charge in [0.1, 0.15) is 0 Å². The molecule has 1 amide bonds. The molecule has 1 unspecified atom stereocenters. The van der Waals surface area contributed by atoms with Gasteiger partial charge in [0.05, 0.1) is 6.54 Å². The molecule has 2 N–H and O–H groups in total. The highest BCUT2D eigenvalue weighted by Crippen LogP contribution is 2.36. The molecule has 0 aliphatic carbocycles. The van der Waals surface area contributed by atoms with Crippen LogP contribution in [0.3, 0.4) is 0 Å². The van der Waals surface area contributed by atoms with E-state index in [1.807, 2.05) is 17.8 Å². The Morgan fingerprint density at radius 2 is 2.33 bits per heavy atom. The molecule has 0 aromatic carbocycles. The monoisotopic (exact) mass is 445 g/mol. The lowest BCUT2D eigenvalue weighted by Crippen LogP contribution is -2.51. The van der Waals surface area contributed by atoms with Crippen LogP contribution in [-0.2, 0) is 18.4 Å². The Morgan fingerprint density at radius 1 is 1.50 bits per heavy atom. The van der Waals surface area contributed by atoms with E-state index < -0.39 is 0 Å². The van der Waals surface area contributed by atoms with Gasteiger partial charge in [0.2, 0.25) is 5.91 Å². The molecule has 1 spiro atoms. The molecule has 0 radical (unpaired) electrons. The number of amides is 1. The number of aryl methyl sites for hydroxylation is 1. The maximum Gasteiger partial charge on any atom is 0.220 e. The van der Waals surface area contributed by atoms with E-state index in [2.05, 4.69) is 34.7 Å². The van der Waals surface area contributed by atoms with Crippen LogP contribution in [0.15, 0.2) is 23.5 Å². The van der Waals surface area contributed by atoms with Crippen LogP contribution < -0.4 is 10.6 Å². The number of hydrogen-bond donors (Lipinski definition) is 2. The predicted octanol–water partition coefficient (Wildman–Crippen LogP) is 1.71. The summed E-state index contributed by atoms with van der Waals surface area (Å²) in [5, 5.41) is 6.41. The first-order chi connectivity index (χ1) is 11.1. The lowest BCUT2D eigenvalue weighted by molar-refractivity contribution is -0.119. The summed E-state index contributed by atoms with van der Waals surface area (Å²) in [5.74, 6) is 1.16. The van der Waals surface area contributed by atoms with E-state index in [9.17, 15) is 4.79 Å². The van der Waals surface area contributed by atoms with Crippen molar-refractivity contribution in [3.05, 3.63) is 24.0 Å². The number of guanidine groups is 1. The highest BCUT2D eigenvalue weighted by atomic mass is 127. The zero-order valence-corrected chi connectivity index (χ0v) is 16.9. The minimum atomic E-state index is 0. The third-order valence-corrected chi connectivity index (χ3v) is 4.80. The minimum absolute atomic E-state index is 0. The van der Waals surface area contributed by atoms with Crippen molar-refractivity contribution in [3.63, 3.8) is 0 Å². The van der Waals surface area contributed by atoms with Crippen LogP contribution in [0, 0.1) is 5.41 Å². The van der Waals surface area contributed by atoms with Crippen LogP contribution in [0.25, 0.3) is 0 Å². The molecule has 1 aromatic heterocycles. The number of rotatable bonds is 3. The van der Waals surface area contributed by atoms with Crippen molar-refractivity contribution in [1.82, 2.24) is 20.1 Å². The molecule has 6 nitrogen and oxygen atoms in total. The van der Waals surface area contributed by atoms with Gasteiger partial charge in [0.25, 0.3) is 0 Å². The van der Waals surface area contributed by atoms with Gasteiger partial charge in [-0.3, -0.25) is 4.79 Å². The molecule has 1 aromatic rings. The zero-order chi connectivity index (χ0) is 16.3. The van der Waals surface area contributed by atoms with Crippen molar-refractivity contribution >= 4 is 35.8 Å². The van der Waals surface area contributed by atoms with Crippen molar-refractivity contribution in [2.45, 2.75) is 32.7 Å². The molecule has 3 heterocycles. The Kier molecular flexibility index (Phi) is 6.54. The van der Waals surface area contributed by atoms with Gasteiger partial charge in [0, 0.05) is 57.5 Å².